The Morgan fingerprint density at radius 3 is 2.71 bits per heavy atom. The number of hydrogen-bond acceptors (Lipinski definition) is 5. The maximum absolute atomic E-state index is 12.1. The summed E-state index contributed by atoms with van der Waals surface area (Å²) in [5.41, 5.74) is 0.884. The Bertz CT molecular complexity index is 634. The van der Waals surface area contributed by atoms with E-state index in [1.807, 2.05) is 43.5 Å². The van der Waals surface area contributed by atoms with Gasteiger partial charge in [-0.15, -0.1) is 11.3 Å². The number of nitrogens with zero attached hydrogens (tertiary/aromatic N) is 1. The fourth-order valence-electron chi connectivity index (χ4n) is 1.92. The molecule has 0 aliphatic heterocycles. The van der Waals surface area contributed by atoms with Crippen LogP contribution in [0.25, 0.3) is 10.6 Å². The van der Waals surface area contributed by atoms with Crippen LogP contribution in [-0.2, 0) is 14.9 Å². The summed E-state index contributed by atoms with van der Waals surface area (Å²) in [5.74, 6) is 0.509. The van der Waals surface area contributed by atoms with Gasteiger partial charge in [0.15, 0.2) is 0 Å². The Hall–Kier alpha value is -1.88. The van der Waals surface area contributed by atoms with Crippen LogP contribution in [0.4, 0.5) is 0 Å². The van der Waals surface area contributed by atoms with Gasteiger partial charge in [-0.05, 0) is 32.9 Å². The second-order valence-corrected chi connectivity index (χ2v) is 5.94. The molecule has 0 amide bonds. The third kappa shape index (κ3) is 3.08. The average Bonchev–Trinajstić information content (AvgIpc) is 2.97. The van der Waals surface area contributed by atoms with E-state index >= 15 is 0 Å². The van der Waals surface area contributed by atoms with Gasteiger partial charge in [0.1, 0.15) is 16.2 Å². The van der Waals surface area contributed by atoms with Gasteiger partial charge in [-0.3, -0.25) is 4.79 Å². The summed E-state index contributed by atoms with van der Waals surface area (Å²) >= 11 is 1.50. The minimum absolute atomic E-state index is 0.262. The SMILES string of the molecule is CCOC(=O)C(C)(C)c1csc(-c2ccccc2OC)n1. The van der Waals surface area contributed by atoms with Gasteiger partial charge in [-0.25, -0.2) is 4.98 Å². The zero-order chi connectivity index (χ0) is 15.5. The molecule has 4 nitrogen and oxygen atoms in total. The van der Waals surface area contributed by atoms with E-state index in [1.54, 1.807) is 14.0 Å². The molecule has 0 bridgehead atoms. The molecule has 0 radical (unpaired) electrons. The second kappa shape index (κ2) is 6.26. The largest absolute Gasteiger partial charge is 0.496 e. The number of benzene rings is 1. The van der Waals surface area contributed by atoms with Gasteiger partial charge < -0.3 is 9.47 Å². The van der Waals surface area contributed by atoms with E-state index in [2.05, 4.69) is 4.98 Å². The van der Waals surface area contributed by atoms with Gasteiger partial charge in [0.05, 0.1) is 25.0 Å². The molecule has 1 aromatic heterocycles. The molecular formula is C16H19NO3S. The molecule has 0 spiro atoms. The van der Waals surface area contributed by atoms with E-state index in [-0.39, 0.29) is 5.97 Å². The number of para-hydroxylation sites is 1. The zero-order valence-corrected chi connectivity index (χ0v) is 13.5. The van der Waals surface area contributed by atoms with E-state index in [1.165, 1.54) is 11.3 Å². The molecule has 1 aromatic carbocycles. The van der Waals surface area contributed by atoms with E-state index in [4.69, 9.17) is 9.47 Å². The molecule has 0 atom stereocenters. The molecule has 0 fully saturated rings. The van der Waals surface area contributed by atoms with E-state index in [0.717, 1.165) is 16.3 Å². The summed E-state index contributed by atoms with van der Waals surface area (Å²) in [6.45, 7) is 5.82. The molecular weight excluding hydrogens is 286 g/mol. The predicted molar refractivity (Wildman–Crippen MR) is 83.8 cm³/mol. The normalized spacial score (nSPS) is 11.2. The van der Waals surface area contributed by atoms with Crippen molar-refractivity contribution in [3.8, 4) is 16.3 Å². The first-order valence-electron chi connectivity index (χ1n) is 6.77. The minimum Gasteiger partial charge on any atom is -0.496 e. The molecule has 0 unspecified atom stereocenters. The Labute approximate surface area is 128 Å². The Kier molecular flexibility index (Phi) is 4.63. The lowest BCUT2D eigenvalue weighted by Crippen LogP contribution is -2.31. The van der Waals surface area contributed by atoms with Crippen molar-refractivity contribution in [3.05, 3.63) is 35.3 Å². The number of carbonyl (C=O) groups is 1. The van der Waals surface area contributed by atoms with Crippen molar-refractivity contribution in [2.24, 2.45) is 0 Å². The van der Waals surface area contributed by atoms with Crippen molar-refractivity contribution in [1.29, 1.82) is 0 Å². The molecule has 2 rings (SSSR count). The molecule has 0 aliphatic rings. The summed E-state index contributed by atoms with van der Waals surface area (Å²) in [5, 5.41) is 2.73. The molecule has 112 valence electrons. The first-order chi connectivity index (χ1) is 10.0. The highest BCUT2D eigenvalue weighted by Gasteiger charge is 2.34. The van der Waals surface area contributed by atoms with E-state index < -0.39 is 5.41 Å². The van der Waals surface area contributed by atoms with Crippen molar-refractivity contribution in [2.75, 3.05) is 13.7 Å². The van der Waals surface area contributed by atoms with Crippen molar-refractivity contribution in [2.45, 2.75) is 26.2 Å². The lowest BCUT2D eigenvalue weighted by atomic mass is 9.90. The summed E-state index contributed by atoms with van der Waals surface area (Å²) in [6, 6.07) is 7.71. The summed E-state index contributed by atoms with van der Waals surface area (Å²) in [6.07, 6.45) is 0. The summed E-state index contributed by atoms with van der Waals surface area (Å²) in [4.78, 5) is 16.7. The van der Waals surface area contributed by atoms with Crippen LogP contribution in [0.15, 0.2) is 29.6 Å². The fraction of sp³-hybridized carbons (Fsp3) is 0.375. The molecule has 5 heteroatoms. The summed E-state index contributed by atoms with van der Waals surface area (Å²) in [7, 11) is 1.63. The molecule has 1 heterocycles. The Morgan fingerprint density at radius 1 is 1.33 bits per heavy atom. The van der Waals surface area contributed by atoms with Crippen LogP contribution in [0.2, 0.25) is 0 Å². The fourth-order valence-corrected chi connectivity index (χ4v) is 2.94. The maximum atomic E-state index is 12.1. The van der Waals surface area contributed by atoms with Gasteiger partial charge in [0, 0.05) is 5.38 Å². The number of ether oxygens (including phenoxy) is 2. The Morgan fingerprint density at radius 2 is 2.05 bits per heavy atom. The first kappa shape index (κ1) is 15.5. The third-order valence-corrected chi connectivity index (χ3v) is 4.14. The van der Waals surface area contributed by atoms with Crippen molar-refractivity contribution in [3.63, 3.8) is 0 Å². The van der Waals surface area contributed by atoms with Gasteiger partial charge in [-0.2, -0.15) is 0 Å². The molecule has 0 saturated carbocycles. The van der Waals surface area contributed by atoms with Crippen molar-refractivity contribution >= 4 is 17.3 Å². The second-order valence-electron chi connectivity index (χ2n) is 5.08. The highest BCUT2D eigenvalue weighted by atomic mass is 32.1. The number of rotatable bonds is 5. The highest BCUT2D eigenvalue weighted by molar-refractivity contribution is 7.13. The number of methoxy groups -OCH3 is 1. The van der Waals surface area contributed by atoms with Crippen LogP contribution in [-0.4, -0.2) is 24.7 Å². The van der Waals surface area contributed by atoms with Gasteiger partial charge >= 0.3 is 5.97 Å². The van der Waals surface area contributed by atoms with Crippen molar-refractivity contribution < 1.29 is 14.3 Å². The number of hydrogen-bond donors (Lipinski definition) is 0. The molecule has 0 aliphatic carbocycles. The summed E-state index contributed by atoms with van der Waals surface area (Å²) < 4.78 is 10.5. The smallest absolute Gasteiger partial charge is 0.317 e. The van der Waals surface area contributed by atoms with E-state index in [9.17, 15) is 4.79 Å². The Balaban J connectivity index is 2.36. The van der Waals surface area contributed by atoms with E-state index in [0.29, 0.717) is 12.3 Å². The topological polar surface area (TPSA) is 48.4 Å². The van der Waals surface area contributed by atoms with Gasteiger partial charge in [-0.1, -0.05) is 12.1 Å². The quantitative estimate of drug-likeness (QED) is 0.791. The maximum Gasteiger partial charge on any atom is 0.317 e. The van der Waals surface area contributed by atoms with Crippen LogP contribution >= 0.6 is 11.3 Å². The molecule has 0 N–H and O–H groups in total. The van der Waals surface area contributed by atoms with Crippen molar-refractivity contribution in [1.82, 2.24) is 4.98 Å². The first-order valence-corrected chi connectivity index (χ1v) is 7.65. The van der Waals surface area contributed by atoms with Gasteiger partial charge in [0.2, 0.25) is 0 Å². The number of aromatic nitrogens is 1. The zero-order valence-electron chi connectivity index (χ0n) is 12.7. The van der Waals surface area contributed by atoms with Crippen LogP contribution in [0.3, 0.4) is 0 Å². The number of thiazole rings is 1. The lowest BCUT2D eigenvalue weighted by Gasteiger charge is -2.19. The standard InChI is InChI=1S/C16H19NO3S/c1-5-20-15(18)16(2,3)13-10-21-14(17-13)11-8-6-7-9-12(11)19-4/h6-10H,5H2,1-4H3. The number of esters is 1. The monoisotopic (exact) mass is 305 g/mol. The number of carbonyl (C=O) groups excluding carboxylic acids is 1. The van der Waals surface area contributed by atoms with Crippen LogP contribution in [0.5, 0.6) is 5.75 Å². The molecule has 2 aromatic rings. The highest BCUT2D eigenvalue weighted by Crippen LogP contribution is 2.35. The minimum atomic E-state index is -0.757. The van der Waals surface area contributed by atoms with Gasteiger partial charge in [0.25, 0.3) is 0 Å². The predicted octanol–water partition coefficient (Wildman–Crippen LogP) is 3.66. The lowest BCUT2D eigenvalue weighted by molar-refractivity contribution is -0.148. The van der Waals surface area contributed by atoms with Crippen LogP contribution in [0, 0.1) is 0 Å². The van der Waals surface area contributed by atoms with Crippen LogP contribution in [0.1, 0.15) is 26.5 Å². The average molecular weight is 305 g/mol. The molecule has 21 heavy (non-hydrogen) atoms. The third-order valence-electron chi connectivity index (χ3n) is 3.27. The molecule has 0 saturated heterocycles. The van der Waals surface area contributed by atoms with Crippen LogP contribution < -0.4 is 4.74 Å².